The Hall–Kier alpha value is -3.05. The van der Waals surface area contributed by atoms with Crippen molar-refractivity contribution in [1.82, 2.24) is 9.47 Å². The number of carboxylic acids is 1. The standard InChI is InChI=1S/C29H30N2O6S2/c32-19-20-6-7-22-23(16-20)36-27(35)31(22)11-3-10-30-12-8-28(9-13-30)17-21(18-28)37-29(26(33)34,24-4-1-14-38-24)25-5-2-15-39-25/h1-2,4-7,14-16,19,21H,3,8-13,17-18H2,(H,33,34). The van der Waals surface area contributed by atoms with Crippen LogP contribution in [0.15, 0.2) is 62.4 Å². The van der Waals surface area contributed by atoms with Gasteiger partial charge in [-0.05, 0) is 98.2 Å². The van der Waals surface area contributed by atoms with Gasteiger partial charge in [0.25, 0.3) is 0 Å². The molecule has 0 unspecified atom stereocenters. The second-order valence-corrected chi connectivity index (χ2v) is 12.5. The van der Waals surface area contributed by atoms with E-state index >= 15 is 0 Å². The molecule has 4 aromatic rings. The second kappa shape index (κ2) is 10.5. The highest BCUT2D eigenvalue weighted by Crippen LogP contribution is 2.53. The first-order valence-corrected chi connectivity index (χ1v) is 15.0. The van der Waals surface area contributed by atoms with Crippen LogP contribution in [-0.4, -0.2) is 52.6 Å². The summed E-state index contributed by atoms with van der Waals surface area (Å²) < 4.78 is 13.5. The summed E-state index contributed by atoms with van der Waals surface area (Å²) in [6.45, 7) is 3.42. The zero-order valence-electron chi connectivity index (χ0n) is 21.4. The fourth-order valence-electron chi connectivity index (χ4n) is 6.18. The molecule has 0 radical (unpaired) electrons. The van der Waals surface area contributed by atoms with Crippen LogP contribution in [0.3, 0.4) is 0 Å². The minimum absolute atomic E-state index is 0.0853. The Morgan fingerprint density at radius 2 is 1.79 bits per heavy atom. The molecule has 3 aromatic heterocycles. The molecule has 2 fully saturated rings. The number of aryl methyl sites for hydroxylation is 1. The molecule has 1 saturated heterocycles. The summed E-state index contributed by atoms with van der Waals surface area (Å²) in [5.74, 6) is -1.36. The largest absolute Gasteiger partial charge is 0.479 e. The fourth-order valence-corrected chi connectivity index (χ4v) is 7.98. The Morgan fingerprint density at radius 3 is 2.38 bits per heavy atom. The number of fused-ring (bicyclic) bond motifs is 1. The molecule has 1 aliphatic carbocycles. The summed E-state index contributed by atoms with van der Waals surface area (Å²) in [5.41, 5.74) is 0.410. The van der Waals surface area contributed by atoms with Gasteiger partial charge in [0.15, 0.2) is 5.58 Å². The molecular weight excluding hydrogens is 536 g/mol. The third-order valence-electron chi connectivity index (χ3n) is 8.30. The van der Waals surface area contributed by atoms with Crippen LogP contribution < -0.4 is 5.76 Å². The smallest absolute Gasteiger partial charge is 0.419 e. The first-order valence-electron chi connectivity index (χ1n) is 13.2. The lowest BCUT2D eigenvalue weighted by molar-refractivity contribution is -0.190. The van der Waals surface area contributed by atoms with Crippen molar-refractivity contribution in [3.63, 3.8) is 0 Å². The average Bonchev–Trinajstić information content (AvgIpc) is 3.69. The Kier molecular flexibility index (Phi) is 7.05. The number of oxazole rings is 1. The number of likely N-dealkylation sites (tertiary alicyclic amines) is 1. The van der Waals surface area contributed by atoms with Crippen LogP contribution in [0.5, 0.6) is 0 Å². The van der Waals surface area contributed by atoms with Gasteiger partial charge in [-0.25, -0.2) is 9.59 Å². The number of hydrogen-bond donors (Lipinski definition) is 1. The van der Waals surface area contributed by atoms with Gasteiger partial charge < -0.3 is 19.2 Å². The predicted octanol–water partition coefficient (Wildman–Crippen LogP) is 5.21. The van der Waals surface area contributed by atoms with Crippen molar-refractivity contribution in [2.24, 2.45) is 5.41 Å². The molecule has 2 aliphatic rings. The number of thiophene rings is 2. The minimum Gasteiger partial charge on any atom is -0.479 e. The van der Waals surface area contributed by atoms with Gasteiger partial charge in [-0.2, -0.15) is 0 Å². The van der Waals surface area contributed by atoms with Gasteiger partial charge in [0.2, 0.25) is 5.60 Å². The lowest BCUT2D eigenvalue weighted by atomic mass is 9.61. The SMILES string of the molecule is O=Cc1ccc2c(c1)oc(=O)n2CCCN1CCC2(CC1)CC(OC(C(=O)O)(c1cccs1)c1cccs1)C2. The number of piperidine rings is 1. The van der Waals surface area contributed by atoms with Crippen molar-refractivity contribution < 1.29 is 23.8 Å². The maximum Gasteiger partial charge on any atom is 0.419 e. The Bertz CT molecular complexity index is 1470. The van der Waals surface area contributed by atoms with Crippen molar-refractivity contribution in [2.75, 3.05) is 19.6 Å². The summed E-state index contributed by atoms with van der Waals surface area (Å²) in [7, 11) is 0. The zero-order chi connectivity index (χ0) is 27.0. The highest BCUT2D eigenvalue weighted by molar-refractivity contribution is 7.12. The Morgan fingerprint density at radius 1 is 1.10 bits per heavy atom. The third kappa shape index (κ3) is 4.80. The van der Waals surface area contributed by atoms with Gasteiger partial charge in [-0.1, -0.05) is 12.1 Å². The predicted molar refractivity (Wildman–Crippen MR) is 150 cm³/mol. The van der Waals surface area contributed by atoms with E-state index in [0.29, 0.717) is 33.0 Å². The van der Waals surface area contributed by atoms with E-state index in [1.165, 1.54) is 22.7 Å². The molecule has 0 atom stereocenters. The van der Waals surface area contributed by atoms with Gasteiger partial charge in [0.05, 0.1) is 21.4 Å². The molecule has 1 N–H and O–H groups in total. The summed E-state index contributed by atoms with van der Waals surface area (Å²) >= 11 is 2.85. The number of hydrogen-bond acceptors (Lipinski definition) is 8. The monoisotopic (exact) mass is 566 g/mol. The van der Waals surface area contributed by atoms with Gasteiger partial charge in [-0.15, -0.1) is 22.7 Å². The van der Waals surface area contributed by atoms with Gasteiger partial charge in [0.1, 0.15) is 6.29 Å². The summed E-state index contributed by atoms with van der Waals surface area (Å²) in [6.07, 6.45) is 5.37. The summed E-state index contributed by atoms with van der Waals surface area (Å²) in [4.78, 5) is 39.8. The van der Waals surface area contributed by atoms with Crippen LogP contribution in [0.2, 0.25) is 0 Å². The Balaban J connectivity index is 1.03. The average molecular weight is 567 g/mol. The van der Waals surface area contributed by atoms with E-state index in [-0.39, 0.29) is 11.5 Å². The Labute approximate surface area is 233 Å². The van der Waals surface area contributed by atoms with E-state index in [1.807, 2.05) is 35.0 Å². The number of rotatable bonds is 10. The highest BCUT2D eigenvalue weighted by atomic mass is 32.1. The molecule has 1 saturated carbocycles. The van der Waals surface area contributed by atoms with Crippen LogP contribution in [0.4, 0.5) is 0 Å². The van der Waals surface area contributed by atoms with E-state index in [1.54, 1.807) is 22.8 Å². The molecule has 39 heavy (non-hydrogen) atoms. The van der Waals surface area contributed by atoms with Crippen LogP contribution in [0.1, 0.15) is 52.2 Å². The molecular formula is C29H30N2O6S2. The number of ether oxygens (including phenoxy) is 1. The number of aliphatic carboxylic acids is 1. The molecule has 8 nitrogen and oxygen atoms in total. The quantitative estimate of drug-likeness (QED) is 0.263. The van der Waals surface area contributed by atoms with Gasteiger partial charge in [-0.3, -0.25) is 9.36 Å². The molecule has 1 aliphatic heterocycles. The zero-order valence-corrected chi connectivity index (χ0v) is 23.0. The first-order chi connectivity index (χ1) is 18.9. The van der Waals surface area contributed by atoms with Crippen molar-refractivity contribution in [1.29, 1.82) is 0 Å². The van der Waals surface area contributed by atoms with Crippen molar-refractivity contribution in [3.05, 3.63) is 79.1 Å². The van der Waals surface area contributed by atoms with Gasteiger partial charge in [0, 0.05) is 12.1 Å². The number of nitrogens with zero attached hydrogens (tertiary/aromatic N) is 2. The van der Waals surface area contributed by atoms with Crippen LogP contribution >= 0.6 is 22.7 Å². The van der Waals surface area contributed by atoms with Crippen molar-refractivity contribution >= 4 is 46.0 Å². The van der Waals surface area contributed by atoms with Crippen molar-refractivity contribution in [2.45, 2.75) is 50.4 Å². The van der Waals surface area contributed by atoms with E-state index in [0.717, 1.165) is 58.0 Å². The minimum atomic E-state index is -1.44. The highest BCUT2D eigenvalue weighted by Gasteiger charge is 2.53. The number of benzene rings is 1. The van der Waals surface area contributed by atoms with Gasteiger partial charge >= 0.3 is 11.7 Å². The molecule has 0 amide bonds. The number of aromatic nitrogens is 1. The number of aldehydes is 1. The molecule has 0 bridgehead atoms. The number of carboxylic acid groups (broad SMARTS) is 1. The fraction of sp³-hybridized carbons (Fsp3) is 0.414. The lowest BCUT2D eigenvalue weighted by Gasteiger charge is -2.53. The molecule has 1 aromatic carbocycles. The van der Waals surface area contributed by atoms with E-state index in [4.69, 9.17) is 9.15 Å². The summed E-state index contributed by atoms with van der Waals surface area (Å²) in [6, 6.07) is 12.5. The molecule has 1 spiro atoms. The maximum absolute atomic E-state index is 12.7. The lowest BCUT2D eigenvalue weighted by Crippen LogP contribution is -2.53. The number of carbonyl (C=O) groups is 2. The third-order valence-corrected chi connectivity index (χ3v) is 10.2. The second-order valence-electron chi connectivity index (χ2n) is 10.6. The molecule has 204 valence electrons. The van der Waals surface area contributed by atoms with Crippen LogP contribution in [0, 0.1) is 5.41 Å². The first kappa shape index (κ1) is 26.2. The maximum atomic E-state index is 12.7. The molecule has 10 heteroatoms. The van der Waals surface area contributed by atoms with Crippen molar-refractivity contribution in [3.8, 4) is 0 Å². The van der Waals surface area contributed by atoms with E-state index in [9.17, 15) is 19.5 Å². The molecule has 6 rings (SSSR count). The van der Waals surface area contributed by atoms with E-state index in [2.05, 4.69) is 4.90 Å². The normalized spacial score (nSPS) is 17.9. The topological polar surface area (TPSA) is 102 Å². The van der Waals surface area contributed by atoms with Crippen LogP contribution in [0.25, 0.3) is 11.1 Å². The van der Waals surface area contributed by atoms with E-state index < -0.39 is 17.3 Å². The molecule has 4 heterocycles. The summed E-state index contributed by atoms with van der Waals surface area (Å²) in [5, 5.41) is 14.2. The van der Waals surface area contributed by atoms with Crippen LogP contribution in [-0.2, 0) is 21.7 Å². The number of carbonyl (C=O) groups excluding carboxylic acids is 1.